The Morgan fingerprint density at radius 3 is 2.62 bits per heavy atom. The molecule has 3 rings (SSSR count). The molecule has 0 aliphatic rings. The fourth-order valence-electron chi connectivity index (χ4n) is 2.77. The van der Waals surface area contributed by atoms with Crippen molar-refractivity contribution in [3.05, 3.63) is 65.6 Å². The maximum atomic E-state index is 13.6. The molecule has 0 aliphatic heterocycles. The van der Waals surface area contributed by atoms with Crippen molar-refractivity contribution in [2.75, 3.05) is 20.6 Å². The number of amides is 1. The molecule has 1 N–H and O–H groups in total. The van der Waals surface area contributed by atoms with E-state index in [9.17, 15) is 22.4 Å². The Labute approximate surface area is 162 Å². The van der Waals surface area contributed by atoms with Gasteiger partial charge in [0.25, 0.3) is 5.91 Å². The second kappa shape index (κ2) is 8.03. The Kier molecular flexibility index (Phi) is 5.69. The zero-order chi connectivity index (χ0) is 21.2. The lowest BCUT2D eigenvalue weighted by Gasteiger charge is -2.22. The van der Waals surface area contributed by atoms with E-state index in [0.29, 0.717) is 10.4 Å². The van der Waals surface area contributed by atoms with E-state index in [1.54, 1.807) is 31.1 Å². The van der Waals surface area contributed by atoms with E-state index in [0.717, 1.165) is 12.1 Å². The van der Waals surface area contributed by atoms with Crippen LogP contribution >= 0.6 is 0 Å². The number of benzene rings is 1. The van der Waals surface area contributed by atoms with Crippen LogP contribution in [0, 0.1) is 5.82 Å². The van der Waals surface area contributed by atoms with Crippen LogP contribution in [0.3, 0.4) is 0 Å². The number of nitrogens with zero attached hydrogens (tertiary/aromatic N) is 4. The molecule has 3 aromatic rings. The number of rotatable bonds is 6. The van der Waals surface area contributed by atoms with Crippen LogP contribution in [0.25, 0.3) is 5.69 Å². The summed E-state index contributed by atoms with van der Waals surface area (Å²) in [7, 11) is 3.47. The molecule has 7 nitrogen and oxygen atoms in total. The van der Waals surface area contributed by atoms with E-state index in [4.69, 9.17) is 4.42 Å². The van der Waals surface area contributed by atoms with Crippen LogP contribution in [-0.2, 0) is 6.18 Å². The molecule has 0 saturated heterocycles. The Morgan fingerprint density at radius 2 is 2.03 bits per heavy atom. The molecule has 1 unspecified atom stereocenters. The number of likely N-dealkylation sites (N-methyl/N-ethyl adjacent to an activating group) is 1. The lowest BCUT2D eigenvalue weighted by Crippen LogP contribution is -2.35. The number of carbonyl (C=O) groups is 1. The SMILES string of the molecule is CN(C)C(CNC(=O)c1nnn(-c2cccc(F)c2)c1C(F)(F)F)c1ccco1. The van der Waals surface area contributed by atoms with Gasteiger partial charge in [-0.2, -0.15) is 13.2 Å². The van der Waals surface area contributed by atoms with Gasteiger partial charge < -0.3 is 9.73 Å². The zero-order valence-corrected chi connectivity index (χ0v) is 15.4. The van der Waals surface area contributed by atoms with Gasteiger partial charge in [0.1, 0.15) is 11.6 Å². The molecule has 0 aliphatic carbocycles. The second-order valence-corrected chi connectivity index (χ2v) is 6.38. The minimum absolute atomic E-state index is 0.0243. The van der Waals surface area contributed by atoms with Crippen molar-refractivity contribution >= 4 is 5.91 Å². The molecule has 1 aromatic carbocycles. The van der Waals surface area contributed by atoms with Gasteiger partial charge >= 0.3 is 6.18 Å². The Morgan fingerprint density at radius 1 is 1.28 bits per heavy atom. The molecule has 0 saturated carbocycles. The largest absolute Gasteiger partial charge is 0.468 e. The molecule has 0 radical (unpaired) electrons. The molecule has 11 heteroatoms. The third-order valence-electron chi connectivity index (χ3n) is 4.16. The van der Waals surface area contributed by atoms with Crippen molar-refractivity contribution in [2.45, 2.75) is 12.2 Å². The second-order valence-electron chi connectivity index (χ2n) is 6.38. The first-order valence-electron chi connectivity index (χ1n) is 8.45. The summed E-state index contributed by atoms with van der Waals surface area (Å²) in [5, 5.41) is 9.24. The topological polar surface area (TPSA) is 76.2 Å². The highest BCUT2D eigenvalue weighted by Gasteiger charge is 2.42. The third-order valence-corrected chi connectivity index (χ3v) is 4.16. The van der Waals surface area contributed by atoms with Crippen LogP contribution in [0.5, 0.6) is 0 Å². The van der Waals surface area contributed by atoms with E-state index >= 15 is 0 Å². The van der Waals surface area contributed by atoms with E-state index in [-0.39, 0.29) is 12.2 Å². The van der Waals surface area contributed by atoms with Crippen molar-refractivity contribution in [3.8, 4) is 5.69 Å². The minimum Gasteiger partial charge on any atom is -0.468 e. The van der Waals surface area contributed by atoms with Crippen LogP contribution in [0.4, 0.5) is 17.6 Å². The van der Waals surface area contributed by atoms with Crippen molar-refractivity contribution in [1.82, 2.24) is 25.2 Å². The number of nitrogens with one attached hydrogen (secondary N) is 1. The van der Waals surface area contributed by atoms with Crippen LogP contribution in [0.15, 0.2) is 47.1 Å². The molecule has 1 amide bonds. The summed E-state index contributed by atoms with van der Waals surface area (Å²) in [6.45, 7) is -0.0243. The molecule has 29 heavy (non-hydrogen) atoms. The van der Waals surface area contributed by atoms with Crippen molar-refractivity contribution < 1.29 is 26.8 Å². The van der Waals surface area contributed by atoms with Gasteiger partial charge in [-0.3, -0.25) is 9.69 Å². The highest BCUT2D eigenvalue weighted by molar-refractivity contribution is 5.93. The van der Waals surface area contributed by atoms with Gasteiger partial charge in [0.15, 0.2) is 11.4 Å². The maximum Gasteiger partial charge on any atom is 0.435 e. The average Bonchev–Trinajstić information content (AvgIpc) is 3.31. The fraction of sp³-hybridized carbons (Fsp3) is 0.278. The summed E-state index contributed by atoms with van der Waals surface area (Å²) >= 11 is 0. The van der Waals surface area contributed by atoms with E-state index in [2.05, 4.69) is 15.6 Å². The molecule has 0 spiro atoms. The first-order chi connectivity index (χ1) is 13.7. The highest BCUT2D eigenvalue weighted by Crippen LogP contribution is 2.33. The smallest absolute Gasteiger partial charge is 0.435 e. The molecular formula is C18H17F4N5O2. The summed E-state index contributed by atoms with van der Waals surface area (Å²) in [6, 6.07) is 7.37. The summed E-state index contributed by atoms with van der Waals surface area (Å²) in [5.74, 6) is -1.27. The number of carbonyl (C=O) groups excluding carboxylic acids is 1. The fourth-order valence-corrected chi connectivity index (χ4v) is 2.77. The monoisotopic (exact) mass is 411 g/mol. The molecule has 154 valence electrons. The number of hydrogen-bond acceptors (Lipinski definition) is 5. The van der Waals surface area contributed by atoms with Crippen molar-refractivity contribution in [3.63, 3.8) is 0 Å². The predicted molar refractivity (Wildman–Crippen MR) is 93.8 cm³/mol. The lowest BCUT2D eigenvalue weighted by atomic mass is 10.2. The molecule has 1 atom stereocenters. The van der Waals surface area contributed by atoms with Crippen LogP contribution in [0.2, 0.25) is 0 Å². The predicted octanol–water partition coefficient (Wildman–Crippen LogP) is 3.05. The van der Waals surface area contributed by atoms with Crippen molar-refractivity contribution in [2.24, 2.45) is 0 Å². The first-order valence-corrected chi connectivity index (χ1v) is 8.45. The zero-order valence-electron chi connectivity index (χ0n) is 15.4. The van der Waals surface area contributed by atoms with Crippen LogP contribution in [-0.4, -0.2) is 46.4 Å². The normalized spacial score (nSPS) is 12.9. The lowest BCUT2D eigenvalue weighted by molar-refractivity contribution is -0.143. The Hall–Kier alpha value is -3.21. The Bertz CT molecular complexity index is 983. The molecule has 2 heterocycles. The third kappa shape index (κ3) is 4.45. The standard InChI is InChI=1S/C18H17F4N5O2/c1-26(2)13(14-7-4-8-29-14)10-23-17(28)15-16(18(20,21)22)27(25-24-15)12-6-3-5-11(19)9-12/h3-9,13H,10H2,1-2H3,(H,23,28). The van der Waals surface area contributed by atoms with E-state index in [1.165, 1.54) is 18.4 Å². The van der Waals surface area contributed by atoms with Crippen LogP contribution < -0.4 is 5.32 Å². The summed E-state index contributed by atoms with van der Waals surface area (Å²) in [6.07, 6.45) is -3.48. The van der Waals surface area contributed by atoms with E-state index in [1.807, 2.05) is 0 Å². The minimum atomic E-state index is -4.94. The van der Waals surface area contributed by atoms with Gasteiger partial charge in [-0.15, -0.1) is 5.10 Å². The van der Waals surface area contributed by atoms with Gasteiger partial charge in [-0.25, -0.2) is 9.07 Å². The quantitative estimate of drug-likeness (QED) is 0.631. The number of hydrogen-bond donors (Lipinski definition) is 1. The van der Waals surface area contributed by atoms with Gasteiger partial charge in [-0.05, 0) is 44.4 Å². The molecular weight excluding hydrogens is 394 g/mol. The number of alkyl halides is 3. The van der Waals surface area contributed by atoms with Gasteiger partial charge in [0, 0.05) is 6.54 Å². The maximum absolute atomic E-state index is 13.6. The number of aromatic nitrogens is 3. The first kappa shape index (κ1) is 20.5. The van der Waals surface area contributed by atoms with Crippen LogP contribution in [0.1, 0.15) is 28.0 Å². The van der Waals surface area contributed by atoms with Gasteiger partial charge in [0.05, 0.1) is 18.0 Å². The molecule has 0 bridgehead atoms. The highest BCUT2D eigenvalue weighted by atomic mass is 19.4. The van der Waals surface area contributed by atoms with Gasteiger partial charge in [0.2, 0.25) is 0 Å². The Balaban J connectivity index is 1.89. The molecule has 2 aromatic heterocycles. The average molecular weight is 411 g/mol. The summed E-state index contributed by atoms with van der Waals surface area (Å²) in [4.78, 5) is 14.2. The molecule has 0 fully saturated rings. The summed E-state index contributed by atoms with van der Waals surface area (Å²) < 4.78 is 60.1. The van der Waals surface area contributed by atoms with E-state index < -0.39 is 35.3 Å². The number of halogens is 4. The number of furan rings is 1. The summed E-state index contributed by atoms with van der Waals surface area (Å²) in [5.41, 5.74) is -2.50. The van der Waals surface area contributed by atoms with Crippen molar-refractivity contribution in [1.29, 1.82) is 0 Å². The van der Waals surface area contributed by atoms with Gasteiger partial charge in [-0.1, -0.05) is 11.3 Å².